The van der Waals surface area contributed by atoms with E-state index < -0.39 is 0 Å². The van der Waals surface area contributed by atoms with Crippen molar-refractivity contribution >= 4 is 23.5 Å². The van der Waals surface area contributed by atoms with Gasteiger partial charge in [0.05, 0.1) is 0 Å². The lowest BCUT2D eigenvalue weighted by Crippen LogP contribution is -2.58. The van der Waals surface area contributed by atoms with Crippen molar-refractivity contribution in [3.05, 3.63) is 0 Å². The van der Waals surface area contributed by atoms with Crippen LogP contribution in [-0.4, -0.2) is 59.8 Å². The van der Waals surface area contributed by atoms with E-state index in [1.165, 1.54) is 0 Å². The number of rotatable bonds is 2. The maximum absolute atomic E-state index is 11.8. The van der Waals surface area contributed by atoms with Crippen LogP contribution in [0.3, 0.4) is 0 Å². The Morgan fingerprint density at radius 1 is 1.29 bits per heavy atom. The van der Waals surface area contributed by atoms with Crippen LogP contribution in [0.1, 0.15) is 20.3 Å². The van der Waals surface area contributed by atoms with Crippen molar-refractivity contribution in [3.63, 3.8) is 0 Å². The molecule has 3 amide bonds. The number of amides is 3. The maximum Gasteiger partial charge on any atom is 0.324 e. The molecule has 1 N–H and O–H groups in total. The second-order valence-electron chi connectivity index (χ2n) is 4.56. The van der Waals surface area contributed by atoms with Crippen molar-refractivity contribution in [3.8, 4) is 0 Å². The van der Waals surface area contributed by atoms with Crippen LogP contribution in [-0.2, 0) is 4.79 Å². The van der Waals surface area contributed by atoms with Crippen LogP contribution in [0, 0.1) is 0 Å². The number of carbonyl (C=O) groups is 2. The molecule has 1 aliphatic rings. The standard InChI is InChI=1S/C11H20ClN3O2/c1-8-6-15(7-9(2)14(8)3)11(17)13-10(16)4-5-12/h8-9H,4-7H2,1-3H3,(H,13,16,17). The fourth-order valence-electron chi connectivity index (χ4n) is 1.92. The molecule has 0 bridgehead atoms. The lowest BCUT2D eigenvalue weighted by Gasteiger charge is -2.42. The number of urea groups is 1. The Hall–Kier alpha value is -0.810. The van der Waals surface area contributed by atoms with Crippen LogP contribution in [0.15, 0.2) is 0 Å². The number of carbonyl (C=O) groups excluding carboxylic acids is 2. The number of hydrogen-bond acceptors (Lipinski definition) is 3. The summed E-state index contributed by atoms with van der Waals surface area (Å²) < 4.78 is 0. The van der Waals surface area contributed by atoms with E-state index in [0.717, 1.165) is 0 Å². The summed E-state index contributed by atoms with van der Waals surface area (Å²) in [5.41, 5.74) is 0. The minimum atomic E-state index is -0.316. The molecule has 0 spiro atoms. The fraction of sp³-hybridized carbons (Fsp3) is 0.818. The number of nitrogens with zero attached hydrogens (tertiary/aromatic N) is 2. The van der Waals surface area contributed by atoms with Crippen LogP contribution in [0.4, 0.5) is 4.79 Å². The van der Waals surface area contributed by atoms with Gasteiger partial charge in [0, 0.05) is 37.5 Å². The highest BCUT2D eigenvalue weighted by atomic mass is 35.5. The number of hydrogen-bond donors (Lipinski definition) is 1. The molecule has 0 aliphatic carbocycles. The largest absolute Gasteiger partial charge is 0.324 e. The zero-order valence-electron chi connectivity index (χ0n) is 10.6. The summed E-state index contributed by atoms with van der Waals surface area (Å²) in [6.07, 6.45) is 0.173. The quantitative estimate of drug-likeness (QED) is 0.751. The number of piperazine rings is 1. The van der Waals surface area contributed by atoms with Gasteiger partial charge in [-0.15, -0.1) is 11.6 Å². The third-order valence-electron chi connectivity index (χ3n) is 3.21. The van der Waals surface area contributed by atoms with Crippen molar-refractivity contribution < 1.29 is 9.59 Å². The third kappa shape index (κ3) is 3.85. The predicted molar refractivity (Wildman–Crippen MR) is 67.1 cm³/mol. The average molecular weight is 262 g/mol. The molecule has 0 aromatic heterocycles. The molecule has 0 aromatic carbocycles. The Labute approximate surface area is 107 Å². The summed E-state index contributed by atoms with van der Waals surface area (Å²) in [7, 11) is 2.04. The lowest BCUT2D eigenvalue weighted by atomic mass is 10.1. The van der Waals surface area contributed by atoms with E-state index in [1.54, 1.807) is 4.90 Å². The number of alkyl halides is 1. The first kappa shape index (κ1) is 14.3. The zero-order valence-corrected chi connectivity index (χ0v) is 11.3. The molecule has 0 aromatic rings. The molecule has 1 saturated heterocycles. The molecule has 1 heterocycles. The van der Waals surface area contributed by atoms with Gasteiger partial charge in [-0.2, -0.15) is 0 Å². The minimum Gasteiger partial charge on any atom is -0.321 e. The summed E-state index contributed by atoms with van der Waals surface area (Å²) in [6.45, 7) is 5.41. The van der Waals surface area contributed by atoms with Crippen LogP contribution < -0.4 is 5.32 Å². The molecular formula is C11H20ClN3O2. The van der Waals surface area contributed by atoms with Gasteiger partial charge in [-0.1, -0.05) is 0 Å². The summed E-state index contributed by atoms with van der Waals surface area (Å²) in [5.74, 6) is -0.0847. The maximum atomic E-state index is 11.8. The van der Waals surface area contributed by atoms with Crippen LogP contribution in [0.25, 0.3) is 0 Å². The van der Waals surface area contributed by atoms with E-state index in [9.17, 15) is 9.59 Å². The van der Waals surface area contributed by atoms with E-state index in [-0.39, 0.29) is 24.2 Å². The first-order valence-electron chi connectivity index (χ1n) is 5.82. The highest BCUT2D eigenvalue weighted by Gasteiger charge is 2.29. The Bertz CT molecular complexity index is 286. The Balaban J connectivity index is 2.50. The van der Waals surface area contributed by atoms with E-state index in [4.69, 9.17) is 11.6 Å². The molecule has 2 unspecified atom stereocenters. The van der Waals surface area contributed by atoms with Crippen molar-refractivity contribution in [2.75, 3.05) is 26.0 Å². The van der Waals surface area contributed by atoms with E-state index in [0.29, 0.717) is 25.2 Å². The lowest BCUT2D eigenvalue weighted by molar-refractivity contribution is -0.119. The van der Waals surface area contributed by atoms with Crippen molar-refractivity contribution in [2.45, 2.75) is 32.4 Å². The molecule has 5 nitrogen and oxygen atoms in total. The molecule has 17 heavy (non-hydrogen) atoms. The molecule has 6 heteroatoms. The average Bonchev–Trinajstić information content (AvgIpc) is 2.25. The zero-order chi connectivity index (χ0) is 13.0. The van der Waals surface area contributed by atoms with Crippen molar-refractivity contribution in [2.24, 2.45) is 0 Å². The Morgan fingerprint density at radius 2 is 1.82 bits per heavy atom. The molecule has 1 rings (SSSR count). The molecule has 1 aliphatic heterocycles. The molecule has 0 saturated carbocycles. The Kier molecular flexibility index (Phi) is 5.21. The molecule has 98 valence electrons. The van der Waals surface area contributed by atoms with Gasteiger partial charge in [0.2, 0.25) is 5.91 Å². The van der Waals surface area contributed by atoms with Crippen molar-refractivity contribution in [1.29, 1.82) is 0 Å². The van der Waals surface area contributed by atoms with E-state index in [2.05, 4.69) is 24.1 Å². The second kappa shape index (κ2) is 6.21. The normalized spacial score (nSPS) is 25.8. The van der Waals surface area contributed by atoms with Gasteiger partial charge in [-0.25, -0.2) is 4.79 Å². The van der Waals surface area contributed by atoms with Gasteiger partial charge >= 0.3 is 6.03 Å². The summed E-state index contributed by atoms with van der Waals surface area (Å²) in [5, 5.41) is 2.35. The number of halogens is 1. The first-order valence-corrected chi connectivity index (χ1v) is 6.35. The monoisotopic (exact) mass is 261 g/mol. The molecule has 1 fully saturated rings. The second-order valence-corrected chi connectivity index (χ2v) is 4.94. The van der Waals surface area contributed by atoms with Crippen molar-refractivity contribution in [1.82, 2.24) is 15.1 Å². The molecular weight excluding hydrogens is 242 g/mol. The summed E-state index contributed by atoms with van der Waals surface area (Å²) >= 11 is 5.44. The van der Waals surface area contributed by atoms with Gasteiger partial charge in [0.1, 0.15) is 0 Å². The minimum absolute atomic E-state index is 0.173. The van der Waals surface area contributed by atoms with Gasteiger partial charge in [0.15, 0.2) is 0 Å². The van der Waals surface area contributed by atoms with Crippen LogP contribution in [0.5, 0.6) is 0 Å². The fourth-order valence-corrected chi connectivity index (χ4v) is 2.09. The molecule has 2 atom stereocenters. The van der Waals surface area contributed by atoms with Gasteiger partial charge in [0.25, 0.3) is 0 Å². The number of likely N-dealkylation sites (N-methyl/N-ethyl adjacent to an activating group) is 1. The van der Waals surface area contributed by atoms with Gasteiger partial charge in [-0.05, 0) is 20.9 Å². The first-order chi connectivity index (χ1) is 7.95. The predicted octanol–water partition coefficient (Wildman–Crippen LogP) is 0.876. The van der Waals surface area contributed by atoms with Gasteiger partial charge in [-0.3, -0.25) is 15.0 Å². The third-order valence-corrected chi connectivity index (χ3v) is 3.40. The van der Waals surface area contributed by atoms with Crippen LogP contribution in [0.2, 0.25) is 0 Å². The number of imide groups is 1. The topological polar surface area (TPSA) is 52.7 Å². The highest BCUT2D eigenvalue weighted by molar-refractivity contribution is 6.19. The number of nitrogens with one attached hydrogen (secondary N) is 1. The van der Waals surface area contributed by atoms with E-state index >= 15 is 0 Å². The highest BCUT2D eigenvalue weighted by Crippen LogP contribution is 2.13. The summed E-state index contributed by atoms with van der Waals surface area (Å²) in [4.78, 5) is 27.0. The van der Waals surface area contributed by atoms with Crippen LogP contribution >= 0.6 is 11.6 Å². The smallest absolute Gasteiger partial charge is 0.321 e. The van der Waals surface area contributed by atoms with E-state index in [1.807, 2.05) is 7.05 Å². The van der Waals surface area contributed by atoms with Gasteiger partial charge < -0.3 is 4.90 Å². The summed E-state index contributed by atoms with van der Waals surface area (Å²) in [6, 6.07) is 0.284. The SMILES string of the molecule is CC1CN(C(=O)NC(=O)CCCl)CC(C)N1C. The Morgan fingerprint density at radius 3 is 2.29 bits per heavy atom. The molecule has 0 radical (unpaired) electrons.